The third-order valence-corrected chi connectivity index (χ3v) is 26.2. The summed E-state index contributed by atoms with van der Waals surface area (Å²) in [5.74, 6) is -3.05. The smallest absolute Gasteiger partial charge is 0.326 e. The minimum Gasteiger partial charge on any atom is -0.480 e. The number of unbranched alkanes of at least 4 members (excludes halogenated alkanes) is 1. The second-order valence-corrected chi connectivity index (χ2v) is 35.5. The van der Waals surface area contributed by atoms with Crippen molar-refractivity contribution in [3.63, 3.8) is 0 Å². The van der Waals surface area contributed by atoms with Crippen molar-refractivity contribution in [1.29, 1.82) is 0 Å². The number of aliphatic carboxylic acids is 1. The molecule has 7 rings (SSSR count). The number of carboxylic acids is 1. The number of thioether (sulfide) groups is 1. The number of carboxylic acid groups (broad SMARTS) is 1. The molecular formula is C83H120N14O16S4. The summed E-state index contributed by atoms with van der Waals surface area (Å²) in [7, 11) is 9.97. The fourth-order valence-corrected chi connectivity index (χ4v) is 18.0. The fourth-order valence-electron chi connectivity index (χ4n) is 13.8. The minimum absolute atomic E-state index is 0.00261. The number of nitrogen functional groups attached to an aromatic ring is 1. The quantitative estimate of drug-likeness (QED) is 0.00626. The van der Waals surface area contributed by atoms with E-state index >= 15 is 0 Å². The summed E-state index contributed by atoms with van der Waals surface area (Å²) in [6.45, 7) is 20.7. The number of likely N-dealkylation sites (N-methyl/N-ethyl adjacent to an activating group) is 1. The van der Waals surface area contributed by atoms with E-state index in [2.05, 4.69) is 55.1 Å². The maximum Gasteiger partial charge on any atom is 0.326 e. The van der Waals surface area contributed by atoms with Gasteiger partial charge in [-0.2, -0.15) is 4.98 Å². The van der Waals surface area contributed by atoms with Gasteiger partial charge in [0, 0.05) is 139 Å². The Morgan fingerprint density at radius 3 is 2.18 bits per heavy atom. The molecule has 117 heavy (non-hydrogen) atoms. The third-order valence-electron chi connectivity index (χ3n) is 21.5. The number of anilines is 2. The Bertz CT molecular complexity index is 4210. The number of benzene rings is 2. The van der Waals surface area contributed by atoms with Crippen LogP contribution in [0.2, 0.25) is 0 Å². The van der Waals surface area contributed by atoms with E-state index in [4.69, 9.17) is 20.2 Å². The number of carbonyl (C=O) groups excluding carboxylic acids is 11. The Hall–Kier alpha value is -8.54. The zero-order valence-corrected chi connectivity index (χ0v) is 73.2. The molecule has 2 unspecified atom stereocenters. The first-order chi connectivity index (χ1) is 55.7. The number of methoxy groups -OCH3 is 2. The van der Waals surface area contributed by atoms with Gasteiger partial charge in [0.15, 0.2) is 16.9 Å². The van der Waals surface area contributed by atoms with Crippen LogP contribution < -0.4 is 32.6 Å². The third kappa shape index (κ3) is 30.0. The van der Waals surface area contributed by atoms with Gasteiger partial charge in [0.05, 0.1) is 71.8 Å². The van der Waals surface area contributed by atoms with E-state index < -0.39 is 70.6 Å². The lowest BCUT2D eigenvalue weighted by molar-refractivity contribution is -0.149. The number of nitrogens with two attached hydrogens (primary N) is 1. The van der Waals surface area contributed by atoms with Crippen molar-refractivity contribution >= 4 is 138 Å². The minimum atomic E-state index is -1.29. The molecule has 2 aliphatic rings. The Morgan fingerprint density at radius 2 is 1.53 bits per heavy atom. The molecule has 0 spiro atoms. The summed E-state index contributed by atoms with van der Waals surface area (Å²) in [5, 5.41) is 22.8. The van der Waals surface area contributed by atoms with Crippen molar-refractivity contribution in [1.82, 2.24) is 60.5 Å². The van der Waals surface area contributed by atoms with E-state index in [1.165, 1.54) is 48.4 Å². The van der Waals surface area contributed by atoms with Crippen LogP contribution in [-0.4, -0.2) is 234 Å². The second kappa shape index (κ2) is 49.1. The molecule has 2 aromatic carbocycles. The molecule has 5 heterocycles. The Morgan fingerprint density at radius 1 is 0.821 bits per heavy atom. The van der Waals surface area contributed by atoms with Crippen molar-refractivity contribution < 1.29 is 72.1 Å². The van der Waals surface area contributed by atoms with Crippen LogP contribution >= 0.6 is 44.7 Å². The Kier molecular flexibility index (Phi) is 40.8. The predicted octanol–water partition coefficient (Wildman–Crippen LogP) is 9.46. The first-order valence-electron chi connectivity index (χ1n) is 40.2. The lowest BCUT2D eigenvalue weighted by Gasteiger charge is -2.41. The zero-order valence-electron chi connectivity index (χ0n) is 70.0. The van der Waals surface area contributed by atoms with E-state index in [0.717, 1.165) is 46.9 Å². The van der Waals surface area contributed by atoms with Crippen molar-refractivity contribution in [2.75, 3.05) is 89.5 Å². The highest BCUT2D eigenvalue weighted by Crippen LogP contribution is 2.36. The molecule has 0 radical (unpaired) electrons. The number of ether oxygens (including phenoxy) is 2. The molecule has 2 aliphatic heterocycles. The number of nitrogens with one attached hydrogen (secondary N) is 5. The number of hydrogen-bond acceptors (Lipinski definition) is 26. The molecule has 30 nitrogen and oxygen atoms in total. The number of rotatable bonds is 50. The molecule has 34 heteroatoms. The van der Waals surface area contributed by atoms with Crippen molar-refractivity contribution in [3.05, 3.63) is 104 Å². The molecule has 11 atom stereocenters. The van der Waals surface area contributed by atoms with Crippen LogP contribution in [0.15, 0.2) is 71.0 Å². The number of aromatic amines is 1. The van der Waals surface area contributed by atoms with Crippen LogP contribution in [0.1, 0.15) is 196 Å². The summed E-state index contributed by atoms with van der Waals surface area (Å²) in [6, 6.07) is 14.2. The number of likely N-dealkylation sites (tertiary alicyclic amines) is 2. The van der Waals surface area contributed by atoms with Crippen molar-refractivity contribution in [2.45, 2.75) is 207 Å². The SMILES string of the molecule is CCCCNC(=O)CN1C(=O)CC(SCCNCC(=O)CCC(NC(=O)c2ccc(NCc3cnc4nc(N)[nH]c(=O)c4n3)cc2)C(=O)O)C1=O.CC[C@H](C)[C@@H]([C@@H](CC(=O)N1CCC[C@H]1[C@H](OC)[C@@H](C)C(=O)C[C@@H](Cc1ccccc1)c1nc(C(=O)CCCSSCN(C)C(C)=O)cs1)OC)N(C)C(=O)[C@@H](CC(=O)[C@@H](C)C(C)C)C(C)C. The van der Waals surface area contributed by atoms with E-state index in [0.29, 0.717) is 74.0 Å². The van der Waals surface area contributed by atoms with E-state index in [1.807, 2.05) is 83.7 Å². The standard InChI is InChI=1S/C51H80N4O8S3.C32H40N10O8S/c1-14-34(6)48(54(11)51(61)40(33(4)5)28-45(59)35(7)32(2)3)46(62-12)29-47(60)55-24-18-22-42(55)49(63-13)36(8)44(58)27-39(26-38-20-16-15-17-21-38)50-52-41(30-64-50)43(57)23-19-25-65-66-31-53(10)37(9)56;1-2-3-10-35-24(44)17-42-25(45)13-23(30(42)48)51-12-11-34-16-21(43)8-9-22(31(49)50)39-28(46)18-4-6-19(7-5-18)36-14-20-15-37-27-26(38-20)29(47)41-32(33)40-27/h15-17,20-21,30,32-36,39-40,42,46,48-49H,14,18-19,22-29,31H2,1-13H3;4-7,15,22-23,34,36H,2-3,8-14,16-17H2,1H3,(H,35,44)(H,39,46)(H,49,50)(H3,33,37,40,41,47)/t34-,35-,36-,39+,40-,42-,46+,48-,49+;/m0./s1. The van der Waals surface area contributed by atoms with Crippen LogP contribution in [0.25, 0.3) is 11.2 Å². The fraction of sp³-hybridized carbons (Fsp3) is 0.602. The predicted molar refractivity (Wildman–Crippen MR) is 457 cm³/mol. The number of H-pyrrole nitrogens is 1. The van der Waals surface area contributed by atoms with Crippen molar-refractivity contribution in [3.8, 4) is 0 Å². The Labute approximate surface area is 702 Å². The number of amides is 7. The monoisotopic (exact) mass is 1700 g/mol. The molecule has 0 aliphatic carbocycles. The lowest BCUT2D eigenvalue weighted by atomic mass is 9.82. The van der Waals surface area contributed by atoms with Gasteiger partial charge in [0.25, 0.3) is 11.5 Å². The van der Waals surface area contributed by atoms with Gasteiger partial charge in [-0.25, -0.2) is 19.7 Å². The van der Waals surface area contributed by atoms with E-state index in [-0.39, 0.29) is 163 Å². The molecule has 642 valence electrons. The number of aromatic nitrogens is 5. The normalized spacial score (nSPS) is 16.4. The highest BCUT2D eigenvalue weighted by molar-refractivity contribution is 8.76. The molecule has 2 saturated heterocycles. The average molecular weight is 1700 g/mol. The average Bonchev–Trinajstić information content (AvgIpc) is 1.79. The van der Waals surface area contributed by atoms with Crippen LogP contribution in [0.4, 0.5) is 11.6 Å². The highest BCUT2D eigenvalue weighted by atomic mass is 33.1. The van der Waals surface area contributed by atoms with E-state index in [1.54, 1.807) is 77.2 Å². The summed E-state index contributed by atoms with van der Waals surface area (Å²) in [6.07, 6.45) is 6.07. The molecule has 2 fully saturated rings. The summed E-state index contributed by atoms with van der Waals surface area (Å²) < 4.78 is 12.2. The van der Waals surface area contributed by atoms with Gasteiger partial charge in [-0.05, 0) is 86.1 Å². The molecular weight excluding hydrogens is 1580 g/mol. The highest BCUT2D eigenvalue weighted by Gasteiger charge is 2.44. The summed E-state index contributed by atoms with van der Waals surface area (Å²) >= 11 is 2.67. The number of ketones is 4. The van der Waals surface area contributed by atoms with Gasteiger partial charge < -0.3 is 56.3 Å². The number of thiazole rings is 1. The number of nitrogens with zero attached hydrogens (tertiary/aromatic N) is 8. The van der Waals surface area contributed by atoms with Gasteiger partial charge in [0.1, 0.15) is 35.6 Å². The van der Waals surface area contributed by atoms with Crippen LogP contribution in [-0.2, 0) is 70.4 Å². The van der Waals surface area contributed by atoms with Gasteiger partial charge in [-0.3, -0.25) is 67.4 Å². The van der Waals surface area contributed by atoms with E-state index in [9.17, 15) is 67.4 Å². The summed E-state index contributed by atoms with van der Waals surface area (Å²) in [4.78, 5) is 193. The number of imide groups is 1. The molecule has 3 aromatic heterocycles. The number of carbonyl (C=O) groups is 12. The topological polar surface area (TPSA) is 415 Å². The number of fused-ring (bicyclic) bond motifs is 1. The van der Waals surface area contributed by atoms with Crippen LogP contribution in [0.5, 0.6) is 0 Å². The number of hydrogen-bond donors (Lipinski definition) is 7. The van der Waals surface area contributed by atoms with Crippen molar-refractivity contribution in [2.24, 2.45) is 35.5 Å². The van der Waals surface area contributed by atoms with Gasteiger partial charge >= 0.3 is 5.97 Å². The van der Waals surface area contributed by atoms with Gasteiger partial charge in [-0.15, -0.1) is 23.1 Å². The van der Waals surface area contributed by atoms with Gasteiger partial charge in [0.2, 0.25) is 41.4 Å². The van der Waals surface area contributed by atoms with Gasteiger partial charge in [-0.1, -0.05) is 127 Å². The summed E-state index contributed by atoms with van der Waals surface area (Å²) in [5.41, 5.74) is 7.95. The molecule has 8 N–H and O–H groups in total. The number of Topliss-reactive ketones (excluding diaryl/α,β-unsaturated/α-hetero) is 4. The lowest BCUT2D eigenvalue weighted by Crippen LogP contribution is -2.54. The van der Waals surface area contributed by atoms with Crippen LogP contribution in [0, 0.1) is 35.5 Å². The maximum atomic E-state index is 14.5. The second-order valence-electron chi connectivity index (χ2n) is 30.7. The molecule has 0 saturated carbocycles. The Balaban J connectivity index is 0.000000375. The maximum absolute atomic E-state index is 14.5. The zero-order chi connectivity index (χ0) is 86.2. The largest absolute Gasteiger partial charge is 0.480 e. The van der Waals surface area contributed by atoms with Crippen LogP contribution in [0.3, 0.4) is 0 Å². The first-order valence-corrected chi connectivity index (χ1v) is 44.6. The molecule has 7 amide bonds. The molecule has 0 bridgehead atoms. The first kappa shape index (κ1) is 97.3. The molecule has 5 aromatic rings.